The van der Waals surface area contributed by atoms with E-state index in [4.69, 9.17) is 4.74 Å². The number of carbonyl (C=O) groups excluding carboxylic acids is 1. The maximum Gasteiger partial charge on any atom is 0.308 e. The molecule has 1 atom stereocenters. The van der Waals surface area contributed by atoms with Gasteiger partial charge in [0.05, 0.1) is 18.4 Å². The van der Waals surface area contributed by atoms with Gasteiger partial charge in [0.15, 0.2) is 0 Å². The van der Waals surface area contributed by atoms with Crippen LogP contribution in [0.4, 0.5) is 0 Å². The van der Waals surface area contributed by atoms with Crippen LogP contribution in [0.2, 0.25) is 0 Å². The summed E-state index contributed by atoms with van der Waals surface area (Å²) in [4.78, 5) is 24.3. The predicted octanol–water partition coefficient (Wildman–Crippen LogP) is 3.03. The van der Waals surface area contributed by atoms with Crippen molar-refractivity contribution in [3.63, 3.8) is 0 Å². The third kappa shape index (κ3) is 4.63. The molecule has 2 N–H and O–H groups in total. The number of hydrogen-bond acceptors (Lipinski definition) is 3. The number of methoxy groups -OCH3 is 1. The summed E-state index contributed by atoms with van der Waals surface area (Å²) in [5, 5.41) is 12.3. The molecular formula is C21H25NO4. The van der Waals surface area contributed by atoms with Crippen LogP contribution in [0.3, 0.4) is 0 Å². The summed E-state index contributed by atoms with van der Waals surface area (Å²) in [7, 11) is 1.55. The normalized spacial score (nSPS) is 12.3. The summed E-state index contributed by atoms with van der Waals surface area (Å²) in [6.45, 7) is 3.71. The van der Waals surface area contributed by atoms with Crippen LogP contribution in [0.1, 0.15) is 25.0 Å². The Bertz CT molecular complexity index is 756. The first-order chi connectivity index (χ1) is 12.4. The number of ether oxygens (including phenoxy) is 1. The summed E-state index contributed by atoms with van der Waals surface area (Å²) in [6.07, 6.45) is 0.283. The number of para-hydroxylation sites is 1. The van der Waals surface area contributed by atoms with Crippen molar-refractivity contribution in [2.75, 3.05) is 13.7 Å². The molecule has 5 nitrogen and oxygen atoms in total. The molecule has 1 amide bonds. The molecule has 2 rings (SSSR count). The maximum atomic E-state index is 12.6. The Morgan fingerprint density at radius 2 is 1.69 bits per heavy atom. The van der Waals surface area contributed by atoms with Crippen LogP contribution in [0.15, 0.2) is 54.6 Å². The minimum absolute atomic E-state index is 0.0580. The molecule has 0 heterocycles. The number of carboxylic acids is 1. The standard InChI is InChI=1S/C21H25NO4/c1-21(2,17-10-5-4-6-11-17)20(25)22-14-16(19(23)24)13-15-9-7-8-12-18(15)26-3/h4-12,16H,13-14H2,1-3H3,(H,22,25)(H,23,24). The molecule has 1 unspecified atom stereocenters. The number of amides is 1. The Kier molecular flexibility index (Phi) is 6.39. The van der Waals surface area contributed by atoms with Crippen LogP contribution in [-0.2, 0) is 21.4 Å². The third-order valence-corrected chi connectivity index (χ3v) is 4.58. The van der Waals surface area contributed by atoms with Gasteiger partial charge in [-0.3, -0.25) is 9.59 Å². The molecule has 0 aromatic heterocycles. The molecule has 0 radical (unpaired) electrons. The minimum atomic E-state index is -0.950. The Balaban J connectivity index is 2.06. The lowest BCUT2D eigenvalue weighted by atomic mass is 9.83. The molecule has 0 spiro atoms. The van der Waals surface area contributed by atoms with Gasteiger partial charge < -0.3 is 15.2 Å². The number of rotatable bonds is 8. The van der Waals surface area contributed by atoms with Crippen LogP contribution >= 0.6 is 0 Å². The highest BCUT2D eigenvalue weighted by Gasteiger charge is 2.30. The Morgan fingerprint density at radius 1 is 1.08 bits per heavy atom. The van der Waals surface area contributed by atoms with Crippen molar-refractivity contribution in [2.45, 2.75) is 25.7 Å². The van der Waals surface area contributed by atoms with Gasteiger partial charge in [0.1, 0.15) is 5.75 Å². The molecule has 0 aliphatic carbocycles. The largest absolute Gasteiger partial charge is 0.496 e. The van der Waals surface area contributed by atoms with Crippen molar-refractivity contribution in [2.24, 2.45) is 5.92 Å². The van der Waals surface area contributed by atoms with Crippen LogP contribution in [0.5, 0.6) is 5.75 Å². The minimum Gasteiger partial charge on any atom is -0.496 e. The molecule has 2 aromatic rings. The van der Waals surface area contributed by atoms with Crippen LogP contribution in [0.25, 0.3) is 0 Å². The highest BCUT2D eigenvalue weighted by atomic mass is 16.5. The molecule has 0 saturated heterocycles. The quantitative estimate of drug-likeness (QED) is 0.763. The van der Waals surface area contributed by atoms with E-state index in [-0.39, 0.29) is 18.9 Å². The molecule has 0 aliphatic rings. The lowest BCUT2D eigenvalue weighted by molar-refractivity contribution is -0.141. The second-order valence-corrected chi connectivity index (χ2v) is 6.75. The van der Waals surface area contributed by atoms with E-state index in [9.17, 15) is 14.7 Å². The molecular weight excluding hydrogens is 330 g/mol. The molecule has 0 aliphatic heterocycles. The number of benzene rings is 2. The highest BCUT2D eigenvalue weighted by Crippen LogP contribution is 2.24. The maximum absolute atomic E-state index is 12.6. The first kappa shape index (κ1) is 19.5. The number of carboxylic acid groups (broad SMARTS) is 1. The molecule has 2 aromatic carbocycles. The second kappa shape index (κ2) is 8.52. The van der Waals surface area contributed by atoms with Gasteiger partial charge in [0, 0.05) is 6.54 Å². The van der Waals surface area contributed by atoms with E-state index in [1.54, 1.807) is 13.2 Å². The van der Waals surface area contributed by atoms with Crippen molar-refractivity contribution in [1.29, 1.82) is 0 Å². The highest BCUT2D eigenvalue weighted by molar-refractivity contribution is 5.87. The number of aliphatic carboxylic acids is 1. The summed E-state index contributed by atoms with van der Waals surface area (Å²) < 4.78 is 5.28. The van der Waals surface area contributed by atoms with Crippen molar-refractivity contribution in [3.8, 4) is 5.75 Å². The van der Waals surface area contributed by atoms with E-state index in [2.05, 4.69) is 5.32 Å². The van der Waals surface area contributed by atoms with Crippen molar-refractivity contribution in [1.82, 2.24) is 5.32 Å². The van der Waals surface area contributed by atoms with Crippen molar-refractivity contribution < 1.29 is 19.4 Å². The Morgan fingerprint density at radius 3 is 2.31 bits per heavy atom. The first-order valence-electron chi connectivity index (χ1n) is 8.54. The van der Waals surface area contributed by atoms with Crippen LogP contribution in [0, 0.1) is 5.92 Å². The zero-order valence-corrected chi connectivity index (χ0v) is 15.4. The van der Waals surface area contributed by atoms with Crippen LogP contribution < -0.4 is 10.1 Å². The van der Waals surface area contributed by atoms with Crippen molar-refractivity contribution >= 4 is 11.9 Å². The van der Waals surface area contributed by atoms with Gasteiger partial charge in [-0.1, -0.05) is 48.5 Å². The van der Waals surface area contributed by atoms with E-state index >= 15 is 0 Å². The number of nitrogens with one attached hydrogen (secondary N) is 1. The fourth-order valence-electron chi connectivity index (χ4n) is 2.81. The van der Waals surface area contributed by atoms with Gasteiger partial charge in [-0.05, 0) is 37.5 Å². The molecule has 26 heavy (non-hydrogen) atoms. The Hall–Kier alpha value is -2.82. The van der Waals surface area contributed by atoms with Gasteiger partial charge in [-0.15, -0.1) is 0 Å². The van der Waals surface area contributed by atoms with E-state index in [1.165, 1.54) is 0 Å². The monoisotopic (exact) mass is 355 g/mol. The molecule has 0 bridgehead atoms. The summed E-state index contributed by atoms with van der Waals surface area (Å²) in [5.74, 6) is -1.24. The lowest BCUT2D eigenvalue weighted by Crippen LogP contribution is -2.43. The molecule has 5 heteroatoms. The summed E-state index contributed by atoms with van der Waals surface area (Å²) >= 11 is 0. The van der Waals surface area contributed by atoms with Gasteiger partial charge >= 0.3 is 5.97 Å². The van der Waals surface area contributed by atoms with Crippen molar-refractivity contribution in [3.05, 3.63) is 65.7 Å². The van der Waals surface area contributed by atoms with Gasteiger partial charge in [0.2, 0.25) is 5.91 Å². The SMILES string of the molecule is COc1ccccc1CC(CNC(=O)C(C)(C)c1ccccc1)C(=O)O. The van der Waals surface area contributed by atoms with Gasteiger partial charge in [-0.25, -0.2) is 0 Å². The zero-order chi connectivity index (χ0) is 19.2. The first-order valence-corrected chi connectivity index (χ1v) is 8.54. The molecule has 138 valence electrons. The smallest absolute Gasteiger partial charge is 0.308 e. The fraction of sp³-hybridized carbons (Fsp3) is 0.333. The summed E-state index contributed by atoms with van der Waals surface area (Å²) in [5.41, 5.74) is 0.947. The van der Waals surface area contributed by atoms with Crippen LogP contribution in [-0.4, -0.2) is 30.6 Å². The van der Waals surface area contributed by atoms with Gasteiger partial charge in [-0.2, -0.15) is 0 Å². The van der Waals surface area contributed by atoms with E-state index in [1.807, 2.05) is 62.4 Å². The fourth-order valence-corrected chi connectivity index (χ4v) is 2.81. The second-order valence-electron chi connectivity index (χ2n) is 6.75. The predicted molar refractivity (Wildman–Crippen MR) is 100 cm³/mol. The zero-order valence-electron chi connectivity index (χ0n) is 15.4. The average Bonchev–Trinajstić information content (AvgIpc) is 2.65. The summed E-state index contributed by atoms with van der Waals surface area (Å²) in [6, 6.07) is 16.8. The number of carbonyl (C=O) groups is 2. The third-order valence-electron chi connectivity index (χ3n) is 4.58. The lowest BCUT2D eigenvalue weighted by Gasteiger charge is -2.25. The van der Waals surface area contributed by atoms with E-state index < -0.39 is 17.3 Å². The molecule has 0 fully saturated rings. The topological polar surface area (TPSA) is 75.6 Å². The Labute approximate surface area is 154 Å². The van der Waals surface area contributed by atoms with E-state index in [0.717, 1.165) is 11.1 Å². The average molecular weight is 355 g/mol. The molecule has 0 saturated carbocycles. The number of hydrogen-bond donors (Lipinski definition) is 2. The van der Waals surface area contributed by atoms with E-state index in [0.29, 0.717) is 5.75 Å². The van der Waals surface area contributed by atoms with Gasteiger partial charge in [0.25, 0.3) is 0 Å².